The lowest BCUT2D eigenvalue weighted by molar-refractivity contribution is -0.156. The Morgan fingerprint density at radius 3 is 2.28 bits per heavy atom. The third-order valence-electron chi connectivity index (χ3n) is 4.31. The number of esters is 2. The highest BCUT2D eigenvalue weighted by atomic mass is 16.5. The number of benzene rings is 2. The second-order valence-corrected chi connectivity index (χ2v) is 6.25. The zero-order valence-corrected chi connectivity index (χ0v) is 16.3. The normalized spacial score (nSPS) is 12.6. The van der Waals surface area contributed by atoms with Crippen LogP contribution in [-0.2, 0) is 23.9 Å². The summed E-state index contributed by atoms with van der Waals surface area (Å²) >= 11 is 0. The van der Waals surface area contributed by atoms with Crippen LogP contribution in [0.25, 0.3) is 10.8 Å². The lowest BCUT2D eigenvalue weighted by atomic mass is 9.94. The number of amides is 2. The van der Waals surface area contributed by atoms with Gasteiger partial charge >= 0.3 is 11.9 Å². The van der Waals surface area contributed by atoms with Gasteiger partial charge in [0.15, 0.2) is 0 Å². The van der Waals surface area contributed by atoms with E-state index < -0.39 is 42.1 Å². The standard InChI is InChI=1S/C21H24N2O6/c1-3-28-17(24)12-16(21(27)29-4-2)18(19(22)25)23-20(26)15-11-7-9-13-8-5-6-10-14(13)15/h5-11,16,18H,3-4,12H2,1-2H3,(H2,22,25)(H,23,26)/t16-,18-/m1/s1. The fourth-order valence-electron chi connectivity index (χ4n) is 3.00. The number of nitrogens with two attached hydrogens (primary N) is 1. The molecular weight excluding hydrogens is 376 g/mol. The topological polar surface area (TPSA) is 125 Å². The summed E-state index contributed by atoms with van der Waals surface area (Å²) in [5.41, 5.74) is 5.76. The van der Waals surface area contributed by atoms with Crippen molar-refractivity contribution in [2.75, 3.05) is 13.2 Å². The van der Waals surface area contributed by atoms with Gasteiger partial charge in [0, 0.05) is 5.56 Å². The monoisotopic (exact) mass is 400 g/mol. The summed E-state index contributed by atoms with van der Waals surface area (Å²) in [5.74, 6) is -4.37. The van der Waals surface area contributed by atoms with Crippen LogP contribution < -0.4 is 11.1 Å². The number of nitrogens with one attached hydrogen (secondary N) is 1. The number of carbonyl (C=O) groups is 4. The summed E-state index contributed by atoms with van der Waals surface area (Å²) in [4.78, 5) is 49.2. The largest absolute Gasteiger partial charge is 0.466 e. The van der Waals surface area contributed by atoms with Crippen LogP contribution in [0.5, 0.6) is 0 Å². The van der Waals surface area contributed by atoms with Crippen LogP contribution in [-0.4, -0.2) is 43.0 Å². The van der Waals surface area contributed by atoms with Gasteiger partial charge in [0.2, 0.25) is 5.91 Å². The van der Waals surface area contributed by atoms with Gasteiger partial charge < -0.3 is 20.5 Å². The van der Waals surface area contributed by atoms with E-state index in [2.05, 4.69) is 5.32 Å². The number of rotatable bonds is 9. The summed E-state index contributed by atoms with van der Waals surface area (Å²) in [6.07, 6.45) is -0.448. The fraction of sp³-hybridized carbons (Fsp3) is 0.333. The van der Waals surface area contributed by atoms with Gasteiger partial charge in [-0.2, -0.15) is 0 Å². The molecule has 2 aromatic carbocycles. The molecule has 0 aliphatic heterocycles. The quantitative estimate of drug-likeness (QED) is 0.616. The van der Waals surface area contributed by atoms with Crippen LogP contribution in [0.2, 0.25) is 0 Å². The van der Waals surface area contributed by atoms with Crippen LogP contribution >= 0.6 is 0 Å². The molecule has 2 aromatic rings. The molecule has 8 nitrogen and oxygen atoms in total. The van der Waals surface area contributed by atoms with Crippen LogP contribution in [0.3, 0.4) is 0 Å². The zero-order chi connectivity index (χ0) is 21.4. The van der Waals surface area contributed by atoms with E-state index in [-0.39, 0.29) is 13.2 Å². The molecule has 0 saturated heterocycles. The van der Waals surface area contributed by atoms with Crippen LogP contribution in [0, 0.1) is 5.92 Å². The Bertz CT molecular complexity index is 906. The summed E-state index contributed by atoms with van der Waals surface area (Å²) in [6, 6.07) is 11.0. The molecule has 3 N–H and O–H groups in total. The van der Waals surface area contributed by atoms with Crippen LogP contribution in [0.15, 0.2) is 42.5 Å². The maximum atomic E-state index is 12.9. The highest BCUT2D eigenvalue weighted by molar-refractivity contribution is 6.08. The molecule has 0 heterocycles. The third kappa shape index (κ3) is 5.54. The molecule has 0 bridgehead atoms. The third-order valence-corrected chi connectivity index (χ3v) is 4.31. The number of fused-ring (bicyclic) bond motifs is 1. The van der Waals surface area contributed by atoms with Crippen molar-refractivity contribution in [1.82, 2.24) is 5.32 Å². The Kier molecular flexibility index (Phi) is 7.70. The first-order valence-electron chi connectivity index (χ1n) is 9.29. The molecule has 0 spiro atoms. The fourth-order valence-corrected chi connectivity index (χ4v) is 3.00. The van der Waals surface area contributed by atoms with Crippen molar-refractivity contribution in [2.45, 2.75) is 26.3 Å². The Morgan fingerprint density at radius 1 is 0.966 bits per heavy atom. The number of hydrogen-bond acceptors (Lipinski definition) is 6. The highest BCUT2D eigenvalue weighted by Gasteiger charge is 2.37. The molecule has 2 atom stereocenters. The van der Waals surface area contributed by atoms with Gasteiger partial charge in [-0.25, -0.2) is 0 Å². The van der Waals surface area contributed by atoms with Gasteiger partial charge in [-0.15, -0.1) is 0 Å². The number of primary amides is 1. The molecule has 0 unspecified atom stereocenters. The minimum atomic E-state index is -1.44. The molecule has 0 aromatic heterocycles. The van der Waals surface area contributed by atoms with Crippen LogP contribution in [0.4, 0.5) is 0 Å². The predicted molar refractivity (Wildman–Crippen MR) is 106 cm³/mol. The molecule has 0 saturated carbocycles. The van der Waals surface area contributed by atoms with Crippen molar-refractivity contribution in [3.05, 3.63) is 48.0 Å². The molecule has 154 valence electrons. The Balaban J connectivity index is 2.33. The van der Waals surface area contributed by atoms with E-state index >= 15 is 0 Å². The number of carbonyl (C=O) groups excluding carboxylic acids is 4. The van der Waals surface area contributed by atoms with Gasteiger partial charge in [0.05, 0.1) is 25.6 Å². The molecule has 0 aliphatic carbocycles. The maximum Gasteiger partial charge on any atom is 0.312 e. The SMILES string of the molecule is CCOC(=O)C[C@@H](C(=O)OCC)[C@@H](NC(=O)c1cccc2ccccc12)C(N)=O. The van der Waals surface area contributed by atoms with Crippen LogP contribution in [0.1, 0.15) is 30.6 Å². The minimum absolute atomic E-state index is 0.0426. The van der Waals surface area contributed by atoms with E-state index in [0.29, 0.717) is 10.9 Å². The second kappa shape index (κ2) is 10.2. The van der Waals surface area contributed by atoms with Crippen molar-refractivity contribution in [1.29, 1.82) is 0 Å². The summed E-state index contributed by atoms with van der Waals surface area (Å²) < 4.78 is 9.83. The first-order chi connectivity index (χ1) is 13.9. The van der Waals surface area contributed by atoms with E-state index in [4.69, 9.17) is 15.2 Å². The summed E-state index contributed by atoms with van der Waals surface area (Å²) in [7, 11) is 0. The lowest BCUT2D eigenvalue weighted by Crippen LogP contribution is -2.52. The molecule has 8 heteroatoms. The van der Waals surface area contributed by atoms with E-state index in [1.165, 1.54) is 0 Å². The Hall–Kier alpha value is -3.42. The summed E-state index contributed by atoms with van der Waals surface area (Å²) in [6.45, 7) is 3.36. The summed E-state index contributed by atoms with van der Waals surface area (Å²) in [5, 5.41) is 4.00. The average molecular weight is 400 g/mol. The van der Waals surface area contributed by atoms with Crippen molar-refractivity contribution in [3.63, 3.8) is 0 Å². The average Bonchev–Trinajstić information content (AvgIpc) is 2.70. The van der Waals surface area contributed by atoms with Crippen molar-refractivity contribution < 1.29 is 28.7 Å². The first kappa shape index (κ1) is 21.9. The molecule has 2 amide bonds. The first-order valence-corrected chi connectivity index (χ1v) is 9.29. The maximum absolute atomic E-state index is 12.9. The molecular formula is C21H24N2O6. The Morgan fingerprint density at radius 2 is 1.62 bits per heavy atom. The van der Waals surface area contributed by atoms with Gasteiger partial charge in [0.25, 0.3) is 5.91 Å². The Labute approximate surface area is 168 Å². The van der Waals surface area contributed by atoms with Crippen molar-refractivity contribution >= 4 is 34.5 Å². The van der Waals surface area contributed by atoms with Gasteiger partial charge in [-0.3, -0.25) is 19.2 Å². The molecule has 0 fully saturated rings. The van der Waals surface area contributed by atoms with Crippen molar-refractivity contribution in [3.8, 4) is 0 Å². The number of ether oxygens (including phenoxy) is 2. The van der Waals surface area contributed by atoms with Crippen molar-refractivity contribution in [2.24, 2.45) is 11.7 Å². The van der Waals surface area contributed by atoms with Gasteiger partial charge in [0.1, 0.15) is 6.04 Å². The lowest BCUT2D eigenvalue weighted by Gasteiger charge is -2.24. The van der Waals surface area contributed by atoms with E-state index in [1.54, 1.807) is 38.1 Å². The highest BCUT2D eigenvalue weighted by Crippen LogP contribution is 2.20. The molecule has 0 aliphatic rings. The van der Waals surface area contributed by atoms with Gasteiger partial charge in [-0.05, 0) is 30.7 Å². The second-order valence-electron chi connectivity index (χ2n) is 6.25. The smallest absolute Gasteiger partial charge is 0.312 e. The number of hydrogen-bond donors (Lipinski definition) is 2. The predicted octanol–water partition coefficient (Wildman–Crippen LogP) is 1.56. The molecule has 2 rings (SSSR count). The van der Waals surface area contributed by atoms with E-state index in [0.717, 1.165) is 5.39 Å². The zero-order valence-electron chi connectivity index (χ0n) is 16.3. The van der Waals surface area contributed by atoms with Gasteiger partial charge in [-0.1, -0.05) is 36.4 Å². The minimum Gasteiger partial charge on any atom is -0.466 e. The van der Waals surface area contributed by atoms with E-state index in [1.807, 2.05) is 18.2 Å². The molecule has 0 radical (unpaired) electrons. The molecule has 29 heavy (non-hydrogen) atoms. The van der Waals surface area contributed by atoms with E-state index in [9.17, 15) is 19.2 Å².